The Morgan fingerprint density at radius 2 is 2.19 bits per heavy atom. The number of thioether (sulfide) groups is 1. The molecule has 1 atom stereocenters. The molecule has 86 valence electrons. The van der Waals surface area contributed by atoms with Crippen LogP contribution in [0.3, 0.4) is 0 Å². The van der Waals surface area contributed by atoms with Gasteiger partial charge in [0.25, 0.3) is 0 Å². The number of hydrogen-bond acceptors (Lipinski definition) is 2. The fourth-order valence-electron chi connectivity index (χ4n) is 1.91. The molecule has 0 aromatic heterocycles. The number of aliphatic carboxylic acids is 1. The standard InChI is InChI=1S/C13H16O2S/c1-8-6-9-4-5-10(7-11(9)16-8)13(2,3)12(14)15/h4-5,7-8H,6H2,1-3H3,(H,14,15). The molecule has 0 saturated carbocycles. The largest absolute Gasteiger partial charge is 0.481 e. The van der Waals surface area contributed by atoms with Gasteiger partial charge in [0, 0.05) is 10.1 Å². The molecule has 16 heavy (non-hydrogen) atoms. The van der Waals surface area contributed by atoms with Crippen molar-refractivity contribution in [1.29, 1.82) is 0 Å². The minimum absolute atomic E-state index is 0.609. The minimum atomic E-state index is -0.804. The topological polar surface area (TPSA) is 37.3 Å². The lowest BCUT2D eigenvalue weighted by atomic mass is 9.84. The molecule has 0 bridgehead atoms. The predicted octanol–water partition coefficient (Wildman–Crippen LogP) is 3.09. The average Bonchev–Trinajstić information content (AvgIpc) is 2.56. The van der Waals surface area contributed by atoms with Crippen LogP contribution in [0.1, 0.15) is 31.9 Å². The van der Waals surface area contributed by atoms with Gasteiger partial charge in [-0.3, -0.25) is 4.79 Å². The first kappa shape index (κ1) is 11.5. The Hall–Kier alpha value is -0.960. The van der Waals surface area contributed by atoms with E-state index in [1.165, 1.54) is 10.5 Å². The van der Waals surface area contributed by atoms with Gasteiger partial charge in [-0.15, -0.1) is 11.8 Å². The van der Waals surface area contributed by atoms with Gasteiger partial charge in [-0.2, -0.15) is 0 Å². The number of hydrogen-bond donors (Lipinski definition) is 1. The fourth-order valence-corrected chi connectivity index (χ4v) is 3.11. The van der Waals surface area contributed by atoms with E-state index in [1.807, 2.05) is 23.9 Å². The SMILES string of the molecule is CC1Cc2ccc(C(C)(C)C(=O)O)cc2S1. The zero-order valence-corrected chi connectivity index (χ0v) is 10.6. The van der Waals surface area contributed by atoms with E-state index in [9.17, 15) is 9.90 Å². The van der Waals surface area contributed by atoms with Crippen LogP contribution in [0.2, 0.25) is 0 Å². The van der Waals surface area contributed by atoms with Crippen molar-refractivity contribution < 1.29 is 9.90 Å². The van der Waals surface area contributed by atoms with E-state index in [2.05, 4.69) is 13.0 Å². The van der Waals surface area contributed by atoms with Crippen LogP contribution in [0.5, 0.6) is 0 Å². The summed E-state index contributed by atoms with van der Waals surface area (Å²) in [6.45, 7) is 5.70. The van der Waals surface area contributed by atoms with Gasteiger partial charge >= 0.3 is 5.97 Å². The summed E-state index contributed by atoms with van der Waals surface area (Å²) in [7, 11) is 0. The van der Waals surface area contributed by atoms with E-state index in [1.54, 1.807) is 13.8 Å². The molecule has 3 heteroatoms. The number of fused-ring (bicyclic) bond motifs is 1. The molecule has 1 aliphatic heterocycles. The zero-order valence-electron chi connectivity index (χ0n) is 9.78. The summed E-state index contributed by atoms with van der Waals surface area (Å²) in [5, 5.41) is 9.80. The molecule has 0 spiro atoms. The van der Waals surface area contributed by atoms with Crippen molar-refractivity contribution in [1.82, 2.24) is 0 Å². The van der Waals surface area contributed by atoms with Crippen molar-refractivity contribution in [3.8, 4) is 0 Å². The normalized spacial score (nSPS) is 19.6. The molecule has 0 aliphatic carbocycles. The van der Waals surface area contributed by atoms with Crippen molar-refractivity contribution in [2.45, 2.75) is 42.8 Å². The first-order chi connectivity index (χ1) is 7.41. The molecule has 1 unspecified atom stereocenters. The average molecular weight is 236 g/mol. The molecule has 0 saturated heterocycles. The van der Waals surface area contributed by atoms with Crippen LogP contribution in [0.15, 0.2) is 23.1 Å². The quantitative estimate of drug-likeness (QED) is 0.857. The molecular formula is C13H16O2S. The maximum atomic E-state index is 11.2. The zero-order chi connectivity index (χ0) is 11.9. The third-order valence-electron chi connectivity index (χ3n) is 3.16. The fraction of sp³-hybridized carbons (Fsp3) is 0.462. The highest BCUT2D eigenvalue weighted by Gasteiger charge is 2.31. The van der Waals surface area contributed by atoms with Gasteiger partial charge in [0.1, 0.15) is 0 Å². The molecule has 2 rings (SSSR count). The van der Waals surface area contributed by atoms with Gasteiger partial charge in [0.15, 0.2) is 0 Å². The Balaban J connectivity index is 2.40. The van der Waals surface area contributed by atoms with Crippen molar-refractivity contribution in [3.63, 3.8) is 0 Å². The predicted molar refractivity (Wildman–Crippen MR) is 66.1 cm³/mol. The Morgan fingerprint density at radius 3 is 2.81 bits per heavy atom. The summed E-state index contributed by atoms with van der Waals surface area (Å²) in [5.41, 5.74) is 1.43. The van der Waals surface area contributed by atoms with Crippen LogP contribution in [0, 0.1) is 0 Å². The number of rotatable bonds is 2. The Labute approximate surface area is 100 Å². The van der Waals surface area contributed by atoms with E-state index in [0.717, 1.165) is 12.0 Å². The first-order valence-corrected chi connectivity index (χ1v) is 6.32. The Kier molecular flexibility index (Phi) is 2.74. The minimum Gasteiger partial charge on any atom is -0.481 e. The van der Waals surface area contributed by atoms with Crippen LogP contribution < -0.4 is 0 Å². The summed E-state index contributed by atoms with van der Waals surface area (Å²) in [4.78, 5) is 12.4. The Morgan fingerprint density at radius 1 is 1.50 bits per heavy atom. The summed E-state index contributed by atoms with van der Waals surface area (Å²) in [5.74, 6) is -0.775. The van der Waals surface area contributed by atoms with Gasteiger partial charge in [0.05, 0.1) is 5.41 Å². The molecule has 0 amide bonds. The second kappa shape index (κ2) is 3.81. The van der Waals surface area contributed by atoms with E-state index in [4.69, 9.17) is 0 Å². The maximum Gasteiger partial charge on any atom is 0.313 e. The Bertz CT molecular complexity index is 438. The van der Waals surface area contributed by atoms with Gasteiger partial charge < -0.3 is 5.11 Å². The van der Waals surface area contributed by atoms with Gasteiger partial charge in [-0.25, -0.2) is 0 Å². The highest BCUT2D eigenvalue weighted by molar-refractivity contribution is 8.00. The highest BCUT2D eigenvalue weighted by Crippen LogP contribution is 2.39. The summed E-state index contributed by atoms with van der Waals surface area (Å²) >= 11 is 1.84. The lowest BCUT2D eigenvalue weighted by Gasteiger charge is -2.20. The van der Waals surface area contributed by atoms with Gasteiger partial charge in [0.2, 0.25) is 0 Å². The van der Waals surface area contributed by atoms with Gasteiger partial charge in [-0.05, 0) is 37.5 Å². The van der Waals surface area contributed by atoms with E-state index < -0.39 is 11.4 Å². The van der Waals surface area contributed by atoms with Crippen LogP contribution in [0.4, 0.5) is 0 Å². The lowest BCUT2D eigenvalue weighted by molar-refractivity contribution is -0.142. The summed E-state index contributed by atoms with van der Waals surface area (Å²) in [6, 6.07) is 6.06. The van der Waals surface area contributed by atoms with Crippen LogP contribution >= 0.6 is 11.8 Å². The molecular weight excluding hydrogens is 220 g/mol. The van der Waals surface area contributed by atoms with Crippen molar-refractivity contribution in [2.24, 2.45) is 0 Å². The number of carbonyl (C=O) groups is 1. The van der Waals surface area contributed by atoms with E-state index in [0.29, 0.717) is 5.25 Å². The summed E-state index contributed by atoms with van der Waals surface area (Å²) in [6.07, 6.45) is 1.09. The molecule has 1 aromatic rings. The monoisotopic (exact) mass is 236 g/mol. The third-order valence-corrected chi connectivity index (χ3v) is 4.36. The number of carboxylic acid groups (broad SMARTS) is 1. The van der Waals surface area contributed by atoms with Crippen LogP contribution in [0.25, 0.3) is 0 Å². The molecule has 1 N–H and O–H groups in total. The maximum absolute atomic E-state index is 11.2. The first-order valence-electron chi connectivity index (χ1n) is 5.44. The molecule has 2 nitrogen and oxygen atoms in total. The lowest BCUT2D eigenvalue weighted by Crippen LogP contribution is -2.28. The molecule has 1 aromatic carbocycles. The third kappa shape index (κ3) is 1.84. The van der Waals surface area contributed by atoms with Crippen molar-refractivity contribution in [3.05, 3.63) is 29.3 Å². The van der Waals surface area contributed by atoms with Crippen LogP contribution in [-0.2, 0) is 16.6 Å². The van der Waals surface area contributed by atoms with Crippen LogP contribution in [-0.4, -0.2) is 16.3 Å². The number of benzene rings is 1. The smallest absolute Gasteiger partial charge is 0.313 e. The highest BCUT2D eigenvalue weighted by atomic mass is 32.2. The van der Waals surface area contributed by atoms with E-state index >= 15 is 0 Å². The molecule has 0 radical (unpaired) electrons. The van der Waals surface area contributed by atoms with E-state index in [-0.39, 0.29) is 0 Å². The van der Waals surface area contributed by atoms with Gasteiger partial charge in [-0.1, -0.05) is 19.1 Å². The molecule has 1 heterocycles. The van der Waals surface area contributed by atoms with Crippen molar-refractivity contribution >= 4 is 17.7 Å². The van der Waals surface area contributed by atoms with Crippen molar-refractivity contribution in [2.75, 3.05) is 0 Å². The summed E-state index contributed by atoms with van der Waals surface area (Å²) < 4.78 is 0. The second-order valence-corrected chi connectivity index (χ2v) is 6.37. The molecule has 1 aliphatic rings. The molecule has 0 fully saturated rings. The number of carboxylic acids is 1. The second-order valence-electron chi connectivity index (χ2n) is 4.89.